The van der Waals surface area contributed by atoms with Crippen LogP contribution >= 0.6 is 0 Å². The number of pyridine rings is 1. The van der Waals surface area contributed by atoms with Gasteiger partial charge in [-0.05, 0) is 25.3 Å². The van der Waals surface area contributed by atoms with Crippen molar-refractivity contribution in [3.8, 4) is 0 Å². The van der Waals surface area contributed by atoms with Crippen LogP contribution < -0.4 is 5.32 Å². The van der Waals surface area contributed by atoms with Gasteiger partial charge in [0, 0.05) is 12.8 Å². The second kappa shape index (κ2) is 5.59. The number of carbonyl (C=O) groups is 2. The minimum absolute atomic E-state index is 0.0224. The first-order chi connectivity index (χ1) is 8.68. The molecule has 2 heterocycles. The van der Waals surface area contributed by atoms with Crippen molar-refractivity contribution in [1.82, 2.24) is 4.98 Å². The first-order valence-electron chi connectivity index (χ1n) is 5.78. The summed E-state index contributed by atoms with van der Waals surface area (Å²) in [5, 5.41) is 11.5. The maximum absolute atomic E-state index is 11.9. The van der Waals surface area contributed by atoms with Crippen LogP contribution in [0.4, 0.5) is 5.69 Å². The number of rotatable bonds is 3. The first-order valence-corrected chi connectivity index (χ1v) is 5.78. The van der Waals surface area contributed by atoms with Gasteiger partial charge in [0.2, 0.25) is 0 Å². The minimum Gasteiger partial charge on any atom is -0.478 e. The Morgan fingerprint density at radius 3 is 2.94 bits per heavy atom. The Bertz CT molecular complexity index is 455. The number of carboxylic acids is 1. The Morgan fingerprint density at radius 2 is 2.28 bits per heavy atom. The van der Waals surface area contributed by atoms with Crippen molar-refractivity contribution in [2.24, 2.45) is 0 Å². The average Bonchev–Trinajstić information content (AvgIpc) is 2.40. The second-order valence-electron chi connectivity index (χ2n) is 4.07. The molecule has 96 valence electrons. The summed E-state index contributed by atoms with van der Waals surface area (Å²) < 4.78 is 5.33. The molecule has 1 amide bonds. The highest BCUT2D eigenvalue weighted by Gasteiger charge is 2.23. The van der Waals surface area contributed by atoms with Gasteiger partial charge in [0.05, 0.1) is 17.4 Å². The van der Waals surface area contributed by atoms with Crippen LogP contribution in [-0.4, -0.2) is 34.7 Å². The smallest absolute Gasteiger partial charge is 0.337 e. The van der Waals surface area contributed by atoms with Crippen molar-refractivity contribution in [3.63, 3.8) is 0 Å². The summed E-state index contributed by atoms with van der Waals surface area (Å²) in [6.07, 6.45) is 4.75. The molecule has 0 aliphatic carbocycles. The standard InChI is InChI=1S/C12H14N2O4/c15-11(10-3-1-2-6-18-10)14-9-7-13-5-4-8(9)12(16)17/h4-5,7,10H,1-3,6H2,(H,14,15)(H,16,17). The van der Waals surface area contributed by atoms with E-state index in [1.807, 2.05) is 0 Å². The number of hydrogen-bond acceptors (Lipinski definition) is 4. The predicted octanol–water partition coefficient (Wildman–Crippen LogP) is 1.29. The summed E-state index contributed by atoms with van der Waals surface area (Å²) in [5.41, 5.74) is 0.221. The minimum atomic E-state index is -1.10. The lowest BCUT2D eigenvalue weighted by Gasteiger charge is -2.21. The van der Waals surface area contributed by atoms with Gasteiger partial charge in [0.25, 0.3) is 5.91 Å². The lowest BCUT2D eigenvalue weighted by Crippen LogP contribution is -2.33. The lowest BCUT2D eigenvalue weighted by atomic mass is 10.1. The molecule has 0 radical (unpaired) electrons. The Labute approximate surface area is 104 Å². The molecule has 1 aromatic rings. The summed E-state index contributed by atoms with van der Waals surface area (Å²) >= 11 is 0. The summed E-state index contributed by atoms with van der Waals surface area (Å²) in [5.74, 6) is -1.41. The quantitative estimate of drug-likeness (QED) is 0.843. The van der Waals surface area contributed by atoms with Crippen LogP contribution in [0.5, 0.6) is 0 Å². The molecule has 0 spiro atoms. The number of hydrogen-bond donors (Lipinski definition) is 2. The molecule has 0 aromatic carbocycles. The third-order valence-corrected chi connectivity index (χ3v) is 2.78. The Morgan fingerprint density at radius 1 is 1.44 bits per heavy atom. The van der Waals surface area contributed by atoms with E-state index in [2.05, 4.69) is 10.3 Å². The maximum atomic E-state index is 11.9. The van der Waals surface area contributed by atoms with Gasteiger partial charge in [0.15, 0.2) is 0 Å². The van der Waals surface area contributed by atoms with E-state index in [1.165, 1.54) is 18.5 Å². The topological polar surface area (TPSA) is 88.5 Å². The van der Waals surface area contributed by atoms with Gasteiger partial charge in [-0.1, -0.05) is 0 Å². The van der Waals surface area contributed by atoms with Crippen molar-refractivity contribution in [3.05, 3.63) is 24.0 Å². The molecule has 2 N–H and O–H groups in total. The lowest BCUT2D eigenvalue weighted by molar-refractivity contribution is -0.129. The third-order valence-electron chi connectivity index (χ3n) is 2.78. The number of aromatic carboxylic acids is 1. The second-order valence-corrected chi connectivity index (χ2v) is 4.07. The van der Waals surface area contributed by atoms with Gasteiger partial charge in [-0.25, -0.2) is 4.79 Å². The average molecular weight is 250 g/mol. The first kappa shape index (κ1) is 12.5. The van der Waals surface area contributed by atoms with Gasteiger partial charge < -0.3 is 15.2 Å². The number of aromatic nitrogens is 1. The summed E-state index contributed by atoms with van der Waals surface area (Å²) in [6, 6.07) is 1.35. The summed E-state index contributed by atoms with van der Waals surface area (Å²) in [7, 11) is 0. The van der Waals surface area contributed by atoms with Crippen LogP contribution in [0.15, 0.2) is 18.5 Å². The highest BCUT2D eigenvalue weighted by atomic mass is 16.5. The van der Waals surface area contributed by atoms with Crippen LogP contribution in [0.1, 0.15) is 29.6 Å². The zero-order chi connectivity index (χ0) is 13.0. The van der Waals surface area contributed by atoms with Gasteiger partial charge >= 0.3 is 5.97 Å². The van der Waals surface area contributed by atoms with E-state index in [0.717, 1.165) is 12.8 Å². The van der Waals surface area contributed by atoms with Crippen LogP contribution in [0.2, 0.25) is 0 Å². The van der Waals surface area contributed by atoms with Crippen LogP contribution in [0.3, 0.4) is 0 Å². The van der Waals surface area contributed by atoms with E-state index in [0.29, 0.717) is 13.0 Å². The molecule has 1 fully saturated rings. The number of nitrogens with zero attached hydrogens (tertiary/aromatic N) is 1. The Kier molecular flexibility index (Phi) is 3.88. The number of carbonyl (C=O) groups excluding carboxylic acids is 1. The number of amides is 1. The van der Waals surface area contributed by atoms with E-state index < -0.39 is 12.1 Å². The molecule has 18 heavy (non-hydrogen) atoms. The molecular weight excluding hydrogens is 236 g/mol. The van der Waals surface area contributed by atoms with Crippen molar-refractivity contribution in [2.75, 3.05) is 11.9 Å². The fourth-order valence-electron chi connectivity index (χ4n) is 1.84. The highest BCUT2D eigenvalue weighted by Crippen LogP contribution is 2.17. The van der Waals surface area contributed by atoms with E-state index in [4.69, 9.17) is 9.84 Å². The molecule has 0 bridgehead atoms. The molecule has 1 saturated heterocycles. The number of anilines is 1. The Hall–Kier alpha value is -1.95. The van der Waals surface area contributed by atoms with Crippen molar-refractivity contribution < 1.29 is 19.4 Å². The molecule has 2 rings (SSSR count). The van der Waals surface area contributed by atoms with Crippen LogP contribution in [0, 0.1) is 0 Å². The fraction of sp³-hybridized carbons (Fsp3) is 0.417. The van der Waals surface area contributed by atoms with Crippen LogP contribution in [-0.2, 0) is 9.53 Å². The van der Waals surface area contributed by atoms with E-state index in [-0.39, 0.29) is 17.2 Å². The molecular formula is C12H14N2O4. The van der Waals surface area contributed by atoms with Gasteiger partial charge in [-0.3, -0.25) is 9.78 Å². The zero-order valence-corrected chi connectivity index (χ0v) is 9.76. The number of nitrogens with one attached hydrogen (secondary N) is 1. The SMILES string of the molecule is O=C(O)c1ccncc1NC(=O)C1CCCCO1. The Balaban J connectivity index is 2.08. The summed E-state index contributed by atoms with van der Waals surface area (Å²) in [4.78, 5) is 26.7. The normalized spacial score (nSPS) is 19.2. The van der Waals surface area contributed by atoms with E-state index >= 15 is 0 Å². The van der Waals surface area contributed by atoms with Crippen molar-refractivity contribution in [2.45, 2.75) is 25.4 Å². The van der Waals surface area contributed by atoms with Crippen molar-refractivity contribution >= 4 is 17.6 Å². The highest BCUT2D eigenvalue weighted by molar-refractivity contribution is 6.01. The predicted molar refractivity (Wildman–Crippen MR) is 63.4 cm³/mol. The molecule has 1 aliphatic rings. The maximum Gasteiger partial charge on any atom is 0.337 e. The molecule has 6 nitrogen and oxygen atoms in total. The monoisotopic (exact) mass is 250 g/mol. The van der Waals surface area contributed by atoms with Crippen molar-refractivity contribution in [1.29, 1.82) is 0 Å². The van der Waals surface area contributed by atoms with E-state index in [1.54, 1.807) is 0 Å². The third kappa shape index (κ3) is 2.84. The number of ether oxygens (including phenoxy) is 1. The van der Waals surface area contributed by atoms with Gasteiger partial charge in [-0.15, -0.1) is 0 Å². The fourth-order valence-corrected chi connectivity index (χ4v) is 1.84. The number of carboxylic acid groups (broad SMARTS) is 1. The van der Waals surface area contributed by atoms with Crippen LogP contribution in [0.25, 0.3) is 0 Å². The summed E-state index contributed by atoms with van der Waals surface area (Å²) in [6.45, 7) is 0.566. The van der Waals surface area contributed by atoms with Gasteiger partial charge in [0.1, 0.15) is 6.10 Å². The van der Waals surface area contributed by atoms with Gasteiger partial charge in [-0.2, -0.15) is 0 Å². The zero-order valence-electron chi connectivity index (χ0n) is 9.76. The largest absolute Gasteiger partial charge is 0.478 e. The molecule has 0 saturated carbocycles. The molecule has 1 aliphatic heterocycles. The molecule has 1 aromatic heterocycles. The molecule has 1 atom stereocenters. The molecule has 1 unspecified atom stereocenters. The van der Waals surface area contributed by atoms with E-state index in [9.17, 15) is 9.59 Å². The molecule has 6 heteroatoms.